The lowest BCUT2D eigenvalue weighted by atomic mass is 9.85. The van der Waals surface area contributed by atoms with Crippen molar-refractivity contribution in [2.75, 3.05) is 19.0 Å². The Bertz CT molecular complexity index is 503. The summed E-state index contributed by atoms with van der Waals surface area (Å²) in [6.45, 7) is 9.25. The second kappa shape index (κ2) is 6.35. The van der Waals surface area contributed by atoms with Crippen LogP contribution >= 0.6 is 0 Å². The van der Waals surface area contributed by atoms with Crippen LogP contribution in [0.4, 0.5) is 10.5 Å². The molecule has 1 aromatic rings. The Balaban J connectivity index is 3.04. The second-order valence-electron chi connectivity index (χ2n) is 6.58. The van der Waals surface area contributed by atoms with E-state index in [1.165, 1.54) is 7.11 Å². The Morgan fingerprint density at radius 3 is 2.33 bits per heavy atom. The van der Waals surface area contributed by atoms with Crippen molar-refractivity contribution < 1.29 is 19.4 Å². The largest absolute Gasteiger partial charge is 0.495 e. The summed E-state index contributed by atoms with van der Waals surface area (Å²) in [6.07, 6.45) is -0.542. The van der Waals surface area contributed by atoms with Crippen LogP contribution in [0.1, 0.15) is 40.2 Å². The number of aliphatic hydroxyl groups is 1. The van der Waals surface area contributed by atoms with Gasteiger partial charge >= 0.3 is 6.09 Å². The number of benzene rings is 1. The molecule has 5 nitrogen and oxygen atoms in total. The fourth-order valence-electron chi connectivity index (χ4n) is 1.73. The molecule has 0 saturated heterocycles. The van der Waals surface area contributed by atoms with Crippen LogP contribution in [0.2, 0.25) is 0 Å². The van der Waals surface area contributed by atoms with Crippen molar-refractivity contribution in [3.8, 4) is 5.75 Å². The molecule has 0 aliphatic carbocycles. The lowest BCUT2D eigenvalue weighted by Gasteiger charge is -2.24. The molecule has 1 aromatic carbocycles. The van der Waals surface area contributed by atoms with E-state index in [9.17, 15) is 9.90 Å². The first-order valence-corrected chi connectivity index (χ1v) is 6.88. The predicted molar refractivity (Wildman–Crippen MR) is 83.0 cm³/mol. The van der Waals surface area contributed by atoms with Crippen LogP contribution in [0.25, 0.3) is 0 Å². The zero-order valence-corrected chi connectivity index (χ0v) is 13.6. The summed E-state index contributed by atoms with van der Waals surface area (Å²) in [5.74, 6) is 0.540. The molecule has 0 fully saturated rings. The lowest BCUT2D eigenvalue weighted by Crippen LogP contribution is -2.27. The first kappa shape index (κ1) is 17.3. The molecule has 0 unspecified atom stereocenters. The number of anilines is 1. The minimum Gasteiger partial charge on any atom is -0.495 e. The molecular formula is C16H25NO4. The number of carbonyl (C=O) groups excluding carboxylic acids is 1. The Morgan fingerprint density at radius 1 is 1.24 bits per heavy atom. The number of ether oxygens (including phenoxy) is 2. The molecule has 0 radical (unpaired) electrons. The van der Waals surface area contributed by atoms with Crippen molar-refractivity contribution in [1.29, 1.82) is 0 Å². The van der Waals surface area contributed by atoms with Gasteiger partial charge in [-0.3, -0.25) is 5.32 Å². The zero-order chi connectivity index (χ0) is 16.3. The van der Waals surface area contributed by atoms with Gasteiger partial charge in [0.15, 0.2) is 0 Å². The number of nitrogens with one attached hydrogen (secondary N) is 1. The Morgan fingerprint density at radius 2 is 1.86 bits per heavy atom. The van der Waals surface area contributed by atoms with Gasteiger partial charge in [0, 0.05) is 5.41 Å². The molecule has 0 saturated carbocycles. The van der Waals surface area contributed by atoms with Gasteiger partial charge in [0.25, 0.3) is 0 Å². The third kappa shape index (κ3) is 4.93. The molecule has 1 amide bonds. The van der Waals surface area contributed by atoms with E-state index in [2.05, 4.69) is 5.32 Å². The van der Waals surface area contributed by atoms with E-state index in [4.69, 9.17) is 9.47 Å². The maximum Gasteiger partial charge on any atom is 0.412 e. The Kier molecular flexibility index (Phi) is 5.23. The molecule has 0 heterocycles. The minimum atomic E-state index is -0.570. The fourth-order valence-corrected chi connectivity index (χ4v) is 1.73. The van der Waals surface area contributed by atoms with Crippen LogP contribution in [0.5, 0.6) is 5.75 Å². The molecule has 0 aliphatic heterocycles. The van der Waals surface area contributed by atoms with Crippen molar-refractivity contribution in [2.24, 2.45) is 0 Å². The number of amides is 1. The highest BCUT2D eigenvalue weighted by Gasteiger charge is 2.22. The quantitative estimate of drug-likeness (QED) is 0.894. The molecule has 0 aromatic heterocycles. The topological polar surface area (TPSA) is 67.8 Å². The summed E-state index contributed by atoms with van der Waals surface area (Å²) in [4.78, 5) is 11.9. The third-order valence-corrected chi connectivity index (χ3v) is 3.01. The fraction of sp³-hybridized carbons (Fsp3) is 0.562. The van der Waals surface area contributed by atoms with Gasteiger partial charge in [0.2, 0.25) is 0 Å². The first-order valence-electron chi connectivity index (χ1n) is 6.88. The van der Waals surface area contributed by atoms with Crippen LogP contribution in [0, 0.1) is 0 Å². The van der Waals surface area contributed by atoms with Crippen LogP contribution in [-0.2, 0) is 10.2 Å². The third-order valence-electron chi connectivity index (χ3n) is 3.01. The van der Waals surface area contributed by atoms with Gasteiger partial charge in [-0.15, -0.1) is 0 Å². The number of rotatable bonds is 4. The molecule has 2 N–H and O–H groups in total. The van der Waals surface area contributed by atoms with Crippen molar-refractivity contribution >= 4 is 11.8 Å². The molecule has 118 valence electrons. The highest BCUT2D eigenvalue weighted by atomic mass is 16.6. The summed E-state index contributed by atoms with van der Waals surface area (Å²) in [7, 11) is 1.53. The lowest BCUT2D eigenvalue weighted by molar-refractivity contribution is 0.0635. The van der Waals surface area contributed by atoms with Gasteiger partial charge < -0.3 is 14.6 Å². The molecule has 0 spiro atoms. The molecule has 1 rings (SSSR count). The summed E-state index contributed by atoms with van der Waals surface area (Å²) < 4.78 is 10.5. The van der Waals surface area contributed by atoms with Crippen molar-refractivity contribution in [3.63, 3.8) is 0 Å². The Hall–Kier alpha value is -1.75. The molecule has 5 heteroatoms. The van der Waals surface area contributed by atoms with Gasteiger partial charge in [-0.25, -0.2) is 4.79 Å². The van der Waals surface area contributed by atoms with Gasteiger partial charge in [-0.05, 0) is 38.5 Å². The molecular weight excluding hydrogens is 270 g/mol. The van der Waals surface area contributed by atoms with Gasteiger partial charge in [-0.2, -0.15) is 0 Å². The van der Waals surface area contributed by atoms with E-state index < -0.39 is 17.1 Å². The predicted octanol–water partition coefficient (Wildman–Crippen LogP) is 3.31. The summed E-state index contributed by atoms with van der Waals surface area (Å²) in [6, 6.07) is 5.42. The second-order valence-corrected chi connectivity index (χ2v) is 6.58. The molecule has 0 atom stereocenters. The maximum absolute atomic E-state index is 11.9. The monoisotopic (exact) mass is 295 g/mol. The van der Waals surface area contributed by atoms with Crippen LogP contribution in [-0.4, -0.2) is 30.5 Å². The number of aliphatic hydroxyl groups excluding tert-OH is 1. The zero-order valence-electron chi connectivity index (χ0n) is 13.6. The molecule has 0 aliphatic rings. The van der Waals surface area contributed by atoms with Crippen LogP contribution in [0.15, 0.2) is 18.2 Å². The number of methoxy groups -OCH3 is 1. The van der Waals surface area contributed by atoms with E-state index in [1.807, 2.05) is 19.9 Å². The highest BCUT2D eigenvalue weighted by Crippen LogP contribution is 2.31. The normalized spacial score (nSPS) is 12.0. The highest BCUT2D eigenvalue weighted by molar-refractivity contribution is 5.87. The van der Waals surface area contributed by atoms with E-state index in [0.717, 1.165) is 5.56 Å². The minimum absolute atomic E-state index is 0.00517. The molecule has 21 heavy (non-hydrogen) atoms. The van der Waals surface area contributed by atoms with Crippen molar-refractivity contribution in [3.05, 3.63) is 23.8 Å². The smallest absolute Gasteiger partial charge is 0.412 e. The van der Waals surface area contributed by atoms with E-state index in [0.29, 0.717) is 11.4 Å². The van der Waals surface area contributed by atoms with Gasteiger partial charge in [0.05, 0.1) is 19.4 Å². The van der Waals surface area contributed by atoms with Crippen LogP contribution in [0.3, 0.4) is 0 Å². The summed E-state index contributed by atoms with van der Waals surface area (Å²) >= 11 is 0. The van der Waals surface area contributed by atoms with E-state index >= 15 is 0 Å². The molecule has 0 bridgehead atoms. The van der Waals surface area contributed by atoms with E-state index in [-0.39, 0.29) is 6.61 Å². The Labute approximate surface area is 126 Å². The number of carbonyl (C=O) groups is 1. The SMILES string of the molecule is COc1ccc(C(C)(C)CO)cc1NC(=O)OC(C)(C)C. The standard InChI is InChI=1S/C16H25NO4/c1-15(2,3)21-14(19)17-12-9-11(16(4,5)10-18)7-8-13(12)20-6/h7-9,18H,10H2,1-6H3,(H,17,19). The van der Waals surface area contributed by atoms with E-state index in [1.54, 1.807) is 32.9 Å². The summed E-state index contributed by atoms with van der Waals surface area (Å²) in [5.41, 5.74) is 0.443. The first-order chi connectivity index (χ1) is 9.59. The number of hydrogen-bond donors (Lipinski definition) is 2. The average Bonchev–Trinajstić information content (AvgIpc) is 2.36. The van der Waals surface area contributed by atoms with Crippen LogP contribution < -0.4 is 10.1 Å². The maximum atomic E-state index is 11.9. The summed E-state index contributed by atoms with van der Waals surface area (Å²) in [5, 5.41) is 12.1. The van der Waals surface area contributed by atoms with Crippen molar-refractivity contribution in [1.82, 2.24) is 0 Å². The van der Waals surface area contributed by atoms with Gasteiger partial charge in [0.1, 0.15) is 11.4 Å². The number of hydrogen-bond acceptors (Lipinski definition) is 4. The van der Waals surface area contributed by atoms with Gasteiger partial charge in [-0.1, -0.05) is 19.9 Å². The average molecular weight is 295 g/mol. The van der Waals surface area contributed by atoms with Crippen molar-refractivity contribution in [2.45, 2.75) is 45.6 Å².